The molecular weight excluding hydrogens is 401 g/mol. The fraction of sp³-hybridized carbons (Fsp3) is 0.167. The molecule has 0 atom stereocenters. The fourth-order valence-corrected chi connectivity index (χ4v) is 1.67. The highest BCUT2D eigenvalue weighted by molar-refractivity contribution is 14.1. The van der Waals surface area contributed by atoms with Gasteiger partial charge in [-0.3, -0.25) is 0 Å². The van der Waals surface area contributed by atoms with Crippen LogP contribution in [0.1, 0.15) is 0 Å². The number of aromatic nitrogens is 1. The molecule has 8 heteroatoms. The van der Waals surface area contributed by atoms with Crippen molar-refractivity contribution < 1.29 is 17.9 Å². The molecule has 0 saturated heterocycles. The summed E-state index contributed by atoms with van der Waals surface area (Å²) in [6, 6.07) is 1.29. The lowest BCUT2D eigenvalue weighted by molar-refractivity contribution is -0.276. The van der Waals surface area contributed by atoms with Crippen LogP contribution in [-0.4, -0.2) is 11.3 Å². The van der Waals surface area contributed by atoms with E-state index in [9.17, 15) is 13.2 Å². The predicted molar refractivity (Wildman–Crippen MR) is 56.3 cm³/mol. The number of rotatable bonds is 1. The zero-order valence-corrected chi connectivity index (χ0v) is 10.7. The minimum Gasteiger partial charge on any atom is -0.387 e. The van der Waals surface area contributed by atoms with Crippen molar-refractivity contribution in [3.63, 3.8) is 0 Å². The van der Waals surface area contributed by atoms with E-state index < -0.39 is 12.2 Å². The molecule has 1 aromatic heterocycles. The Morgan fingerprint density at radius 2 is 2.07 bits per heavy atom. The van der Waals surface area contributed by atoms with Crippen molar-refractivity contribution in [3.05, 3.63) is 19.3 Å². The second-order valence-corrected chi connectivity index (χ2v) is 4.38. The van der Waals surface area contributed by atoms with Gasteiger partial charge < -0.3 is 4.74 Å². The Morgan fingerprint density at radius 3 is 2.57 bits per heavy atom. The van der Waals surface area contributed by atoms with Gasteiger partial charge in [0.05, 0.1) is 9.50 Å². The highest BCUT2D eigenvalue weighted by Gasteiger charge is 2.33. The lowest BCUT2D eigenvalue weighted by atomic mass is 10.5. The average molecular weight is 402 g/mol. The molecule has 0 unspecified atom stereocenters. The maximum absolute atomic E-state index is 11.8. The van der Waals surface area contributed by atoms with Gasteiger partial charge in [-0.1, -0.05) is 11.6 Å². The third-order valence-electron chi connectivity index (χ3n) is 1.07. The number of ether oxygens (including phenoxy) is 1. The quantitative estimate of drug-likeness (QED) is 0.523. The number of halogens is 6. The summed E-state index contributed by atoms with van der Waals surface area (Å²) in [7, 11) is 0. The van der Waals surface area contributed by atoms with Gasteiger partial charge in [-0.15, -0.1) is 13.2 Å². The average Bonchev–Trinajstić information content (AvgIpc) is 1.97. The summed E-state index contributed by atoms with van der Waals surface area (Å²) in [6.45, 7) is 0. The molecule has 1 rings (SSSR count). The Kier molecular flexibility index (Phi) is 3.87. The number of alkyl halides is 3. The van der Waals surface area contributed by atoms with Gasteiger partial charge in [-0.2, -0.15) is 0 Å². The molecule has 0 aliphatic heterocycles. The number of hydrogen-bond acceptors (Lipinski definition) is 2. The van der Waals surface area contributed by atoms with Crippen LogP contribution in [0, 0.1) is 3.70 Å². The minimum absolute atomic E-state index is 0.0558. The number of pyridine rings is 1. The van der Waals surface area contributed by atoms with E-state index in [0.29, 0.717) is 0 Å². The maximum atomic E-state index is 11.8. The molecule has 0 aliphatic rings. The molecule has 0 N–H and O–H groups in total. The van der Waals surface area contributed by atoms with Gasteiger partial charge in [0, 0.05) is 0 Å². The fourth-order valence-electron chi connectivity index (χ4n) is 0.610. The second-order valence-electron chi connectivity index (χ2n) is 2.10. The molecule has 2 nitrogen and oxygen atoms in total. The van der Waals surface area contributed by atoms with Crippen LogP contribution < -0.4 is 4.74 Å². The van der Waals surface area contributed by atoms with E-state index in [1.54, 1.807) is 22.6 Å². The normalized spacial score (nSPS) is 11.6. The van der Waals surface area contributed by atoms with Crippen LogP contribution >= 0.6 is 50.1 Å². The monoisotopic (exact) mass is 401 g/mol. The first-order valence-electron chi connectivity index (χ1n) is 3.07. The third kappa shape index (κ3) is 3.43. The molecule has 1 heterocycles. The van der Waals surface area contributed by atoms with E-state index in [4.69, 9.17) is 11.6 Å². The van der Waals surface area contributed by atoms with Crippen LogP contribution in [0.2, 0.25) is 5.02 Å². The van der Waals surface area contributed by atoms with Crippen LogP contribution in [0.15, 0.2) is 10.5 Å². The summed E-state index contributed by atoms with van der Waals surface area (Å²) in [5.41, 5.74) is 0. The van der Waals surface area contributed by atoms with E-state index in [0.717, 1.165) is 0 Å². The van der Waals surface area contributed by atoms with Gasteiger partial charge >= 0.3 is 6.36 Å². The minimum atomic E-state index is -4.76. The predicted octanol–water partition coefficient (Wildman–Crippen LogP) is 4.00. The molecule has 0 bridgehead atoms. The first kappa shape index (κ1) is 12.3. The summed E-state index contributed by atoms with van der Waals surface area (Å²) in [5.74, 6) is -0.550. The van der Waals surface area contributed by atoms with E-state index in [1.807, 2.05) is 0 Å². The summed E-state index contributed by atoms with van der Waals surface area (Å²) in [6.07, 6.45) is -4.76. The number of hydrogen-bond donors (Lipinski definition) is 0. The molecule has 0 fully saturated rings. The van der Waals surface area contributed by atoms with Crippen molar-refractivity contribution in [2.24, 2.45) is 0 Å². The SMILES string of the molecule is FC(F)(F)Oc1nc(I)c(Cl)cc1Br. The highest BCUT2D eigenvalue weighted by Crippen LogP contribution is 2.32. The summed E-state index contributed by atoms with van der Waals surface area (Å²) in [4.78, 5) is 3.52. The topological polar surface area (TPSA) is 22.1 Å². The van der Waals surface area contributed by atoms with E-state index in [-0.39, 0.29) is 13.2 Å². The Bertz CT molecular complexity index is 360. The Labute approximate surface area is 104 Å². The molecule has 0 aliphatic carbocycles. The van der Waals surface area contributed by atoms with Gasteiger partial charge in [0.2, 0.25) is 5.88 Å². The van der Waals surface area contributed by atoms with Crippen molar-refractivity contribution >= 4 is 50.1 Å². The van der Waals surface area contributed by atoms with Crippen molar-refractivity contribution in [3.8, 4) is 5.88 Å². The maximum Gasteiger partial charge on any atom is 0.574 e. The van der Waals surface area contributed by atoms with Crippen molar-refractivity contribution in [2.75, 3.05) is 0 Å². The van der Waals surface area contributed by atoms with Crippen molar-refractivity contribution in [1.82, 2.24) is 4.98 Å². The Hall–Kier alpha value is 0.240. The smallest absolute Gasteiger partial charge is 0.387 e. The molecule has 0 radical (unpaired) electrons. The second kappa shape index (κ2) is 4.40. The van der Waals surface area contributed by atoms with Gasteiger partial charge in [0.1, 0.15) is 3.70 Å². The molecule has 78 valence electrons. The zero-order valence-electron chi connectivity index (χ0n) is 6.20. The van der Waals surface area contributed by atoms with Crippen LogP contribution in [0.3, 0.4) is 0 Å². The molecule has 0 amide bonds. The largest absolute Gasteiger partial charge is 0.574 e. The molecule has 0 saturated carbocycles. The van der Waals surface area contributed by atoms with Gasteiger partial charge in [-0.25, -0.2) is 4.98 Å². The summed E-state index contributed by atoms with van der Waals surface area (Å²) >= 11 is 10.2. The summed E-state index contributed by atoms with van der Waals surface area (Å²) < 4.78 is 39.5. The molecule has 0 spiro atoms. The number of nitrogens with zero attached hydrogens (tertiary/aromatic N) is 1. The zero-order chi connectivity index (χ0) is 10.9. The van der Waals surface area contributed by atoms with Crippen molar-refractivity contribution in [2.45, 2.75) is 6.36 Å². The van der Waals surface area contributed by atoms with E-state index >= 15 is 0 Å². The van der Waals surface area contributed by atoms with E-state index in [1.165, 1.54) is 6.07 Å². The van der Waals surface area contributed by atoms with E-state index in [2.05, 4.69) is 25.7 Å². The lowest BCUT2D eigenvalue weighted by Gasteiger charge is -2.09. The third-order valence-corrected chi connectivity index (χ3v) is 3.06. The van der Waals surface area contributed by atoms with Crippen LogP contribution in [0.5, 0.6) is 5.88 Å². The van der Waals surface area contributed by atoms with Crippen LogP contribution in [0.4, 0.5) is 13.2 Å². The highest BCUT2D eigenvalue weighted by atomic mass is 127. The Morgan fingerprint density at radius 1 is 1.50 bits per heavy atom. The first-order chi connectivity index (χ1) is 6.29. The molecule has 1 aromatic rings. The molecule has 0 aromatic carbocycles. The van der Waals surface area contributed by atoms with Gasteiger partial charge in [0.15, 0.2) is 0 Å². The first-order valence-corrected chi connectivity index (χ1v) is 5.32. The van der Waals surface area contributed by atoms with Crippen LogP contribution in [-0.2, 0) is 0 Å². The van der Waals surface area contributed by atoms with Gasteiger partial charge in [0.25, 0.3) is 0 Å². The molecular formula is C6HBrClF3INO. The van der Waals surface area contributed by atoms with Gasteiger partial charge in [-0.05, 0) is 44.6 Å². The summed E-state index contributed by atoms with van der Waals surface area (Å²) in [5, 5.41) is 0.256. The lowest BCUT2D eigenvalue weighted by Crippen LogP contribution is -2.18. The molecule has 14 heavy (non-hydrogen) atoms. The van der Waals surface area contributed by atoms with Crippen LogP contribution in [0.25, 0.3) is 0 Å². The van der Waals surface area contributed by atoms with Crippen molar-refractivity contribution in [1.29, 1.82) is 0 Å². The standard InChI is InChI=1S/C6HBrClF3INO/c7-2-1-3(8)4(12)13-5(2)14-6(9,10)11/h1H. The Balaban J connectivity index is 3.04.